The average Bonchev–Trinajstić information content (AvgIpc) is 3.14. The van der Waals surface area contributed by atoms with Gasteiger partial charge in [-0.15, -0.1) is 0 Å². The summed E-state index contributed by atoms with van der Waals surface area (Å²) in [7, 11) is 0. The first-order chi connectivity index (χ1) is 27.9. The van der Waals surface area contributed by atoms with Crippen LogP contribution in [-0.4, -0.2) is 143 Å². The number of hydrogen-bond donors (Lipinski definition) is 15. The van der Waals surface area contributed by atoms with Crippen molar-refractivity contribution in [1.82, 2.24) is 37.2 Å². The number of hydrogen-bond acceptors (Lipinski definition) is 13. The number of carboxylic acids is 1. The molecular weight excluding hydrogens is 794 g/mol. The molecule has 0 aliphatic heterocycles. The lowest BCUT2D eigenvalue weighted by Crippen LogP contribution is -2.60. The van der Waals surface area contributed by atoms with Gasteiger partial charge < -0.3 is 81.8 Å². The van der Waals surface area contributed by atoms with Crippen LogP contribution in [0.3, 0.4) is 0 Å². The molecule has 21 N–H and O–H groups in total. The van der Waals surface area contributed by atoms with Gasteiger partial charge in [0.25, 0.3) is 0 Å². The maximum Gasteiger partial charge on any atom is 0.328 e. The highest BCUT2D eigenvalue weighted by atomic mass is 16.4. The van der Waals surface area contributed by atoms with Gasteiger partial charge in [0.05, 0.1) is 18.7 Å². The first kappa shape index (κ1) is 53.7. The van der Waals surface area contributed by atoms with Gasteiger partial charge in [-0.2, -0.15) is 0 Å². The number of carbonyl (C=O) groups excluding carboxylic acids is 8. The molecule has 0 saturated heterocycles. The van der Waals surface area contributed by atoms with Crippen molar-refractivity contribution in [1.29, 1.82) is 0 Å². The van der Waals surface area contributed by atoms with Crippen LogP contribution >= 0.6 is 0 Å². The molecule has 0 aromatic carbocycles. The number of primary amides is 1. The first-order valence-electron chi connectivity index (χ1n) is 19.0. The Morgan fingerprint density at radius 3 is 1.48 bits per heavy atom. The molecular formula is C34H63N15O11. The van der Waals surface area contributed by atoms with Gasteiger partial charge >= 0.3 is 5.97 Å². The second kappa shape index (κ2) is 27.4. The number of rotatable bonds is 28. The second-order valence-electron chi connectivity index (χ2n) is 14.2. The highest BCUT2D eigenvalue weighted by Crippen LogP contribution is 2.08. The van der Waals surface area contributed by atoms with E-state index >= 15 is 0 Å². The number of nitrogens with zero attached hydrogens (tertiary/aromatic N) is 2. The van der Waals surface area contributed by atoms with Crippen LogP contribution in [0.15, 0.2) is 9.98 Å². The molecule has 8 atom stereocenters. The van der Waals surface area contributed by atoms with Gasteiger partial charge in [0.1, 0.15) is 30.2 Å². The fourth-order valence-electron chi connectivity index (χ4n) is 5.04. The summed E-state index contributed by atoms with van der Waals surface area (Å²) in [6, 6.07) is -9.31. The lowest BCUT2D eigenvalue weighted by Gasteiger charge is -2.28. The quantitative estimate of drug-likeness (QED) is 0.0197. The molecule has 0 aromatic rings. The monoisotopic (exact) mass is 857 g/mol. The van der Waals surface area contributed by atoms with Crippen molar-refractivity contribution < 1.29 is 53.4 Å². The Balaban J connectivity index is 5.98. The molecule has 0 unspecified atom stereocenters. The number of aliphatic hydroxyl groups excluding tert-OH is 1. The van der Waals surface area contributed by atoms with E-state index in [0.717, 1.165) is 6.92 Å². The highest BCUT2D eigenvalue weighted by molar-refractivity contribution is 5.97. The Hall–Kier alpha value is -6.31. The predicted molar refractivity (Wildman–Crippen MR) is 216 cm³/mol. The van der Waals surface area contributed by atoms with Gasteiger partial charge in [0.15, 0.2) is 18.0 Å². The van der Waals surface area contributed by atoms with Gasteiger partial charge in [-0.3, -0.25) is 48.3 Å². The van der Waals surface area contributed by atoms with Gasteiger partial charge in [-0.1, -0.05) is 13.8 Å². The minimum Gasteiger partial charge on any atom is -0.480 e. The number of aliphatic carboxylic acids is 1. The smallest absolute Gasteiger partial charge is 0.328 e. The summed E-state index contributed by atoms with van der Waals surface area (Å²) in [6.07, 6.45) is -1.76. The number of nitrogens with one attached hydrogen (secondary N) is 7. The van der Waals surface area contributed by atoms with Crippen LogP contribution in [0.5, 0.6) is 0 Å². The van der Waals surface area contributed by atoms with Crippen molar-refractivity contribution in [3.05, 3.63) is 0 Å². The summed E-state index contributed by atoms with van der Waals surface area (Å²) >= 11 is 0. The third-order valence-corrected chi connectivity index (χ3v) is 8.37. The predicted octanol–water partition coefficient (Wildman–Crippen LogP) is -7.13. The largest absolute Gasteiger partial charge is 0.480 e. The summed E-state index contributed by atoms with van der Waals surface area (Å²) in [5, 5.41) is 35.8. The molecule has 26 nitrogen and oxygen atoms in total. The van der Waals surface area contributed by atoms with Crippen LogP contribution < -0.4 is 71.6 Å². The van der Waals surface area contributed by atoms with Crippen LogP contribution in [-0.2, 0) is 43.2 Å². The third kappa shape index (κ3) is 22.0. The zero-order valence-electron chi connectivity index (χ0n) is 34.5. The van der Waals surface area contributed by atoms with Crippen molar-refractivity contribution in [2.75, 3.05) is 19.6 Å². The van der Waals surface area contributed by atoms with Crippen LogP contribution in [0.4, 0.5) is 0 Å². The Bertz CT molecular complexity index is 1560. The lowest BCUT2D eigenvalue weighted by atomic mass is 10.0. The van der Waals surface area contributed by atoms with Crippen molar-refractivity contribution in [3.8, 4) is 0 Å². The second-order valence-corrected chi connectivity index (χ2v) is 14.2. The summed E-state index contributed by atoms with van der Waals surface area (Å²) < 4.78 is 0. The standard InChI is InChI=1S/C34H63N15O11/c1-15(2)24(31(58)49-25(18(5)50)32(59)60)48-30(57)21(10-11-22(36)51)47-27(54)17(4)44-29(56)20(9-7-13-42-34(39)40)45-23(52)14-43-28(55)19(46-26(53)16(3)35)8-6-12-41-33(37)38/h15-21,24-25,50H,6-14,35H2,1-5H3,(H2,36,51)(H,43,55)(H,44,56)(H,45,52)(H,46,53)(H,47,54)(H,48,57)(H,49,58)(H,59,60)(H4,37,38,41)(H4,39,40,42)/t16-,17-,18+,19-,20-,21-,24-,25-/m0/s1. The number of aliphatic hydroxyl groups is 1. The molecule has 0 rings (SSSR count). The number of carboxylic acid groups (broad SMARTS) is 1. The topological polar surface area (TPSA) is 459 Å². The van der Waals surface area contributed by atoms with E-state index < -0.39 is 121 Å². The van der Waals surface area contributed by atoms with E-state index in [0.29, 0.717) is 0 Å². The Morgan fingerprint density at radius 1 is 0.567 bits per heavy atom. The molecule has 0 fully saturated rings. The van der Waals surface area contributed by atoms with E-state index in [1.54, 1.807) is 0 Å². The van der Waals surface area contributed by atoms with Crippen LogP contribution in [0.1, 0.15) is 73.1 Å². The fourth-order valence-corrected chi connectivity index (χ4v) is 5.04. The van der Waals surface area contributed by atoms with Crippen LogP contribution in [0.2, 0.25) is 0 Å². The van der Waals surface area contributed by atoms with E-state index in [1.807, 2.05) is 0 Å². The maximum atomic E-state index is 13.5. The minimum absolute atomic E-state index is 0.0532. The Labute approximate surface area is 347 Å². The maximum absolute atomic E-state index is 13.5. The van der Waals surface area contributed by atoms with E-state index in [1.165, 1.54) is 27.7 Å². The highest BCUT2D eigenvalue weighted by Gasteiger charge is 2.34. The molecule has 0 aromatic heterocycles. The normalized spacial score (nSPS) is 14.8. The SMILES string of the molecule is CC(C)[C@H](NC(=O)[C@H](CCC(N)=O)NC(=O)[C@H](C)NC(=O)[C@H](CCCN=C(N)N)NC(=O)CNC(=O)[C@H](CCCN=C(N)N)NC(=O)[C@H](C)N)C(=O)N[C@H](C(=O)O)[C@@H](C)O. The molecule has 60 heavy (non-hydrogen) atoms. The summed E-state index contributed by atoms with van der Waals surface area (Å²) in [5.41, 5.74) is 32.3. The van der Waals surface area contributed by atoms with Gasteiger partial charge in [-0.05, 0) is 58.8 Å². The number of carbonyl (C=O) groups is 9. The molecule has 26 heteroatoms. The van der Waals surface area contributed by atoms with E-state index in [-0.39, 0.29) is 57.1 Å². The van der Waals surface area contributed by atoms with Crippen molar-refractivity contribution in [2.24, 2.45) is 50.3 Å². The summed E-state index contributed by atoms with van der Waals surface area (Å²) in [4.78, 5) is 122. The molecule has 0 heterocycles. The molecule has 0 saturated carbocycles. The number of aliphatic imine (C=N–C) groups is 2. The first-order valence-corrected chi connectivity index (χ1v) is 19.0. The van der Waals surface area contributed by atoms with E-state index in [2.05, 4.69) is 47.2 Å². The molecule has 340 valence electrons. The minimum atomic E-state index is -1.70. The number of nitrogens with two attached hydrogens (primary N) is 6. The van der Waals surface area contributed by atoms with Gasteiger partial charge in [0, 0.05) is 19.5 Å². The molecule has 0 spiro atoms. The summed E-state index contributed by atoms with van der Waals surface area (Å²) in [6.45, 7) is 6.44. The molecule has 0 bridgehead atoms. The Morgan fingerprint density at radius 2 is 1.03 bits per heavy atom. The fraction of sp³-hybridized carbons (Fsp3) is 0.676. The molecule has 0 aliphatic rings. The van der Waals surface area contributed by atoms with Gasteiger partial charge in [-0.25, -0.2) is 4.79 Å². The number of amides is 8. The van der Waals surface area contributed by atoms with Crippen LogP contribution in [0, 0.1) is 5.92 Å². The number of guanidine groups is 2. The van der Waals surface area contributed by atoms with Crippen molar-refractivity contribution in [3.63, 3.8) is 0 Å². The molecule has 8 amide bonds. The molecule has 0 radical (unpaired) electrons. The third-order valence-electron chi connectivity index (χ3n) is 8.37. The van der Waals surface area contributed by atoms with E-state index in [4.69, 9.17) is 34.4 Å². The molecule has 0 aliphatic carbocycles. The van der Waals surface area contributed by atoms with Crippen molar-refractivity contribution >= 4 is 65.1 Å². The Kier molecular flexibility index (Phi) is 24.5. The zero-order chi connectivity index (χ0) is 46.3. The zero-order valence-corrected chi connectivity index (χ0v) is 34.5. The van der Waals surface area contributed by atoms with E-state index in [9.17, 15) is 53.4 Å². The van der Waals surface area contributed by atoms with Gasteiger partial charge in [0.2, 0.25) is 47.3 Å². The van der Waals surface area contributed by atoms with Crippen LogP contribution in [0.25, 0.3) is 0 Å². The van der Waals surface area contributed by atoms with Crippen molar-refractivity contribution in [2.45, 2.75) is 122 Å². The summed E-state index contributed by atoms with van der Waals surface area (Å²) in [5.74, 6) is -9.31. The lowest BCUT2D eigenvalue weighted by molar-refractivity contribution is -0.145. The average molecular weight is 858 g/mol.